The van der Waals surface area contributed by atoms with Crippen LogP contribution in [0.4, 0.5) is 14.5 Å². The number of halogens is 5. The first-order valence-electron chi connectivity index (χ1n) is 5.74. The first kappa shape index (κ1) is 15.5. The van der Waals surface area contributed by atoms with Crippen molar-refractivity contribution in [2.45, 2.75) is 13.0 Å². The van der Waals surface area contributed by atoms with Crippen molar-refractivity contribution in [1.82, 2.24) is 0 Å². The van der Waals surface area contributed by atoms with E-state index in [1.165, 1.54) is 0 Å². The highest BCUT2D eigenvalue weighted by Gasteiger charge is 2.12. The zero-order chi connectivity index (χ0) is 14.9. The Hall–Kier alpha value is -0.840. The molecule has 0 heterocycles. The molecule has 6 heteroatoms. The van der Waals surface area contributed by atoms with Crippen molar-refractivity contribution in [2.75, 3.05) is 5.32 Å². The average molecular weight is 381 g/mol. The summed E-state index contributed by atoms with van der Waals surface area (Å²) < 4.78 is 27.3. The molecule has 0 aliphatic rings. The van der Waals surface area contributed by atoms with E-state index in [0.29, 0.717) is 10.0 Å². The molecule has 1 nitrogen and oxygen atoms in total. The molecule has 0 saturated carbocycles. The van der Waals surface area contributed by atoms with Gasteiger partial charge in [0.2, 0.25) is 0 Å². The van der Waals surface area contributed by atoms with E-state index in [-0.39, 0.29) is 16.2 Å². The Bertz CT molecular complexity index is 649. The summed E-state index contributed by atoms with van der Waals surface area (Å²) >= 11 is 14.7. The fourth-order valence-electron chi connectivity index (χ4n) is 1.73. The molecular formula is C14H10BrCl2F2N. The number of benzene rings is 2. The maximum absolute atomic E-state index is 13.7. The predicted octanol–water partition coefficient (Wildman–Crippen LogP) is 6.21. The minimum absolute atomic E-state index is 0.0859. The van der Waals surface area contributed by atoms with Gasteiger partial charge in [-0.3, -0.25) is 0 Å². The van der Waals surface area contributed by atoms with E-state index in [9.17, 15) is 8.78 Å². The lowest BCUT2D eigenvalue weighted by Crippen LogP contribution is -2.08. The minimum Gasteiger partial charge on any atom is -0.376 e. The summed E-state index contributed by atoms with van der Waals surface area (Å²) in [4.78, 5) is 0. The molecule has 106 valence electrons. The molecule has 0 aliphatic heterocycles. The van der Waals surface area contributed by atoms with Gasteiger partial charge in [0.1, 0.15) is 11.6 Å². The van der Waals surface area contributed by atoms with Crippen LogP contribution in [-0.2, 0) is 0 Å². The van der Waals surface area contributed by atoms with E-state index in [1.54, 1.807) is 18.2 Å². The van der Waals surface area contributed by atoms with E-state index in [2.05, 4.69) is 21.2 Å². The lowest BCUT2D eigenvalue weighted by molar-refractivity contribution is 0.595. The lowest BCUT2D eigenvalue weighted by atomic mass is 10.1. The molecule has 2 aromatic carbocycles. The molecule has 0 radical (unpaired) electrons. The smallest absolute Gasteiger partial charge is 0.147 e. The lowest BCUT2D eigenvalue weighted by Gasteiger charge is -2.17. The van der Waals surface area contributed by atoms with Crippen LogP contribution < -0.4 is 5.32 Å². The van der Waals surface area contributed by atoms with E-state index in [4.69, 9.17) is 23.2 Å². The monoisotopic (exact) mass is 379 g/mol. The number of nitrogens with one attached hydrogen (secondary N) is 1. The number of hydrogen-bond acceptors (Lipinski definition) is 1. The Labute approximate surface area is 134 Å². The number of rotatable bonds is 3. The molecule has 2 rings (SSSR count). The van der Waals surface area contributed by atoms with Gasteiger partial charge >= 0.3 is 0 Å². The minimum atomic E-state index is -0.537. The molecular weight excluding hydrogens is 371 g/mol. The Kier molecular flexibility index (Phi) is 4.89. The van der Waals surface area contributed by atoms with Gasteiger partial charge in [-0.15, -0.1) is 0 Å². The summed E-state index contributed by atoms with van der Waals surface area (Å²) in [6.45, 7) is 1.82. The van der Waals surface area contributed by atoms with Gasteiger partial charge in [0, 0.05) is 12.1 Å². The molecule has 0 bridgehead atoms. The zero-order valence-corrected chi connectivity index (χ0v) is 13.5. The van der Waals surface area contributed by atoms with Gasteiger partial charge in [-0.2, -0.15) is 0 Å². The van der Waals surface area contributed by atoms with Crippen LogP contribution in [0.15, 0.2) is 34.8 Å². The summed E-state index contributed by atoms with van der Waals surface area (Å²) in [5, 5.41) is 3.77. The summed E-state index contributed by atoms with van der Waals surface area (Å²) in [7, 11) is 0. The third kappa shape index (κ3) is 3.43. The van der Waals surface area contributed by atoms with Crippen LogP contribution in [0.25, 0.3) is 0 Å². The van der Waals surface area contributed by atoms with Crippen molar-refractivity contribution in [3.63, 3.8) is 0 Å². The van der Waals surface area contributed by atoms with Gasteiger partial charge in [0.25, 0.3) is 0 Å². The average Bonchev–Trinajstić information content (AvgIpc) is 2.39. The molecule has 0 saturated heterocycles. The van der Waals surface area contributed by atoms with Crippen LogP contribution in [-0.4, -0.2) is 0 Å². The second kappa shape index (κ2) is 6.29. The standard InChI is InChI=1S/C14H10BrCl2F2N/c1-7(8-2-3-10(16)11(17)4-8)20-14-6-12(18)9(15)5-13(14)19/h2-7,20H,1H3. The highest BCUT2D eigenvalue weighted by atomic mass is 79.9. The van der Waals surface area contributed by atoms with Gasteiger partial charge in [-0.25, -0.2) is 8.78 Å². The Morgan fingerprint density at radius 1 is 1.05 bits per heavy atom. The second-order valence-corrected chi connectivity index (χ2v) is 5.95. The highest BCUT2D eigenvalue weighted by molar-refractivity contribution is 9.10. The van der Waals surface area contributed by atoms with Gasteiger partial charge in [0.15, 0.2) is 0 Å². The van der Waals surface area contributed by atoms with Crippen molar-refractivity contribution < 1.29 is 8.78 Å². The molecule has 1 N–H and O–H groups in total. The summed E-state index contributed by atoms with van der Waals surface area (Å²) in [5.41, 5.74) is 0.909. The van der Waals surface area contributed by atoms with Crippen LogP contribution in [0.1, 0.15) is 18.5 Å². The fourth-order valence-corrected chi connectivity index (χ4v) is 2.35. The van der Waals surface area contributed by atoms with Crippen LogP contribution in [0, 0.1) is 11.6 Å². The molecule has 0 amide bonds. The number of hydrogen-bond donors (Lipinski definition) is 1. The van der Waals surface area contributed by atoms with Crippen molar-refractivity contribution in [1.29, 1.82) is 0 Å². The molecule has 0 fully saturated rings. The van der Waals surface area contributed by atoms with Gasteiger partial charge in [0.05, 0.1) is 20.2 Å². The molecule has 0 spiro atoms. The van der Waals surface area contributed by atoms with Crippen molar-refractivity contribution in [3.8, 4) is 0 Å². The van der Waals surface area contributed by atoms with Crippen molar-refractivity contribution in [3.05, 3.63) is 62.0 Å². The summed E-state index contributed by atoms with van der Waals surface area (Å²) in [5.74, 6) is -1.07. The van der Waals surface area contributed by atoms with Crippen molar-refractivity contribution >= 4 is 44.8 Å². The van der Waals surface area contributed by atoms with Crippen LogP contribution >= 0.6 is 39.1 Å². The molecule has 1 unspecified atom stereocenters. The van der Waals surface area contributed by atoms with E-state index in [0.717, 1.165) is 17.7 Å². The fraction of sp³-hybridized carbons (Fsp3) is 0.143. The third-order valence-electron chi connectivity index (χ3n) is 2.83. The third-order valence-corrected chi connectivity index (χ3v) is 4.17. The van der Waals surface area contributed by atoms with Crippen molar-refractivity contribution in [2.24, 2.45) is 0 Å². The summed E-state index contributed by atoms with van der Waals surface area (Å²) in [6, 6.07) is 7.07. The van der Waals surface area contributed by atoms with E-state index < -0.39 is 11.6 Å². The second-order valence-electron chi connectivity index (χ2n) is 4.29. The van der Waals surface area contributed by atoms with Crippen LogP contribution in [0.3, 0.4) is 0 Å². The zero-order valence-electron chi connectivity index (χ0n) is 10.4. The largest absolute Gasteiger partial charge is 0.376 e. The van der Waals surface area contributed by atoms with E-state index >= 15 is 0 Å². The maximum atomic E-state index is 13.7. The Morgan fingerprint density at radius 2 is 1.75 bits per heavy atom. The van der Waals surface area contributed by atoms with Gasteiger partial charge in [-0.1, -0.05) is 29.3 Å². The molecule has 0 aliphatic carbocycles. The van der Waals surface area contributed by atoms with Crippen LogP contribution in [0.2, 0.25) is 10.0 Å². The molecule has 20 heavy (non-hydrogen) atoms. The highest BCUT2D eigenvalue weighted by Crippen LogP contribution is 2.29. The normalized spacial score (nSPS) is 12.3. The van der Waals surface area contributed by atoms with E-state index in [1.807, 2.05) is 6.92 Å². The molecule has 0 aromatic heterocycles. The van der Waals surface area contributed by atoms with Gasteiger partial charge < -0.3 is 5.32 Å². The Morgan fingerprint density at radius 3 is 2.40 bits per heavy atom. The topological polar surface area (TPSA) is 12.0 Å². The Balaban J connectivity index is 2.25. The van der Waals surface area contributed by atoms with Crippen LogP contribution in [0.5, 0.6) is 0 Å². The maximum Gasteiger partial charge on any atom is 0.147 e. The predicted molar refractivity (Wildman–Crippen MR) is 82.6 cm³/mol. The molecule has 1 atom stereocenters. The summed E-state index contributed by atoms with van der Waals surface area (Å²) in [6.07, 6.45) is 0. The SMILES string of the molecule is CC(Nc1cc(F)c(Br)cc1F)c1ccc(Cl)c(Cl)c1. The first-order valence-corrected chi connectivity index (χ1v) is 7.29. The number of anilines is 1. The first-order chi connectivity index (χ1) is 9.38. The quantitative estimate of drug-likeness (QED) is 0.624. The molecule has 2 aromatic rings. The van der Waals surface area contributed by atoms with Gasteiger partial charge in [-0.05, 0) is 46.6 Å².